The Hall–Kier alpha value is -3.24. The summed E-state index contributed by atoms with van der Waals surface area (Å²) >= 11 is 1.59. The minimum Gasteiger partial charge on any atom is -0.469 e. The van der Waals surface area contributed by atoms with Crippen molar-refractivity contribution in [1.82, 2.24) is 14.5 Å². The minimum absolute atomic E-state index is 0.104. The molecule has 0 N–H and O–H groups in total. The van der Waals surface area contributed by atoms with Gasteiger partial charge in [-0.05, 0) is 25.5 Å². The Morgan fingerprint density at radius 3 is 2.93 bits per heavy atom. The van der Waals surface area contributed by atoms with E-state index in [0.717, 1.165) is 31.6 Å². The highest BCUT2D eigenvalue weighted by molar-refractivity contribution is 7.18. The van der Waals surface area contributed by atoms with E-state index in [4.69, 9.17) is 10.00 Å². The SMILES string of the molecule is Cc1sc2ncnc(OCC(=O)c3cn(CCC#N)c4ccccc34)c2c1C. The molecule has 0 atom stereocenters. The fraction of sp³-hybridized carbons (Fsp3) is 0.238. The molecule has 140 valence electrons. The summed E-state index contributed by atoms with van der Waals surface area (Å²) in [5.74, 6) is 0.316. The van der Waals surface area contributed by atoms with Gasteiger partial charge in [-0.15, -0.1) is 11.3 Å². The van der Waals surface area contributed by atoms with Gasteiger partial charge in [0, 0.05) is 34.1 Å². The predicted octanol–water partition coefficient (Wildman–Crippen LogP) is 4.44. The van der Waals surface area contributed by atoms with Crippen LogP contribution in [0.5, 0.6) is 5.88 Å². The number of hydrogen-bond donors (Lipinski definition) is 0. The van der Waals surface area contributed by atoms with Crippen LogP contribution < -0.4 is 4.74 Å². The molecule has 0 radical (unpaired) electrons. The number of para-hydroxylation sites is 1. The molecule has 4 aromatic rings. The van der Waals surface area contributed by atoms with Crippen molar-refractivity contribution in [2.45, 2.75) is 26.8 Å². The fourth-order valence-corrected chi connectivity index (χ4v) is 4.28. The Bertz CT molecular complexity index is 1230. The summed E-state index contributed by atoms with van der Waals surface area (Å²) in [6.45, 7) is 4.49. The van der Waals surface area contributed by atoms with E-state index in [1.54, 1.807) is 11.3 Å². The molecule has 1 aromatic carbocycles. The number of carbonyl (C=O) groups is 1. The van der Waals surface area contributed by atoms with E-state index in [0.29, 0.717) is 24.4 Å². The summed E-state index contributed by atoms with van der Waals surface area (Å²) in [5.41, 5.74) is 2.61. The number of carbonyl (C=O) groups excluding carboxylic acids is 1. The first-order valence-electron chi connectivity index (χ1n) is 8.91. The molecule has 0 fully saturated rings. The largest absolute Gasteiger partial charge is 0.469 e. The van der Waals surface area contributed by atoms with Crippen LogP contribution in [0.4, 0.5) is 0 Å². The Labute approximate surface area is 166 Å². The van der Waals surface area contributed by atoms with Crippen molar-refractivity contribution in [2.24, 2.45) is 0 Å². The van der Waals surface area contributed by atoms with Crippen LogP contribution in [0.2, 0.25) is 0 Å². The van der Waals surface area contributed by atoms with Gasteiger partial charge in [0.05, 0.1) is 17.9 Å². The van der Waals surface area contributed by atoms with Crippen molar-refractivity contribution in [3.63, 3.8) is 0 Å². The quantitative estimate of drug-likeness (QED) is 0.455. The number of Topliss-reactive ketones (excluding diaryl/α,β-unsaturated/α-hetero) is 1. The number of nitriles is 1. The molecule has 7 heteroatoms. The van der Waals surface area contributed by atoms with Crippen LogP contribution in [0.15, 0.2) is 36.8 Å². The second-order valence-corrected chi connectivity index (χ2v) is 7.72. The third-order valence-corrected chi connectivity index (χ3v) is 5.94. The maximum Gasteiger partial charge on any atom is 0.226 e. The summed E-state index contributed by atoms with van der Waals surface area (Å²) < 4.78 is 7.76. The van der Waals surface area contributed by atoms with Gasteiger partial charge >= 0.3 is 0 Å². The molecule has 0 aliphatic rings. The van der Waals surface area contributed by atoms with Gasteiger partial charge in [-0.1, -0.05) is 18.2 Å². The number of thiophene rings is 1. The zero-order chi connectivity index (χ0) is 19.7. The van der Waals surface area contributed by atoms with Gasteiger partial charge in [-0.25, -0.2) is 9.97 Å². The van der Waals surface area contributed by atoms with E-state index in [1.807, 2.05) is 48.9 Å². The summed E-state index contributed by atoms with van der Waals surface area (Å²) in [7, 11) is 0. The highest BCUT2D eigenvalue weighted by Crippen LogP contribution is 2.33. The average molecular weight is 390 g/mol. The number of hydrogen-bond acceptors (Lipinski definition) is 6. The first-order valence-corrected chi connectivity index (χ1v) is 9.73. The fourth-order valence-electron chi connectivity index (χ4n) is 3.30. The van der Waals surface area contributed by atoms with Crippen molar-refractivity contribution in [3.8, 4) is 11.9 Å². The Morgan fingerprint density at radius 2 is 2.11 bits per heavy atom. The van der Waals surface area contributed by atoms with E-state index < -0.39 is 0 Å². The normalized spacial score (nSPS) is 11.0. The lowest BCUT2D eigenvalue weighted by Gasteiger charge is -2.06. The number of aromatic nitrogens is 3. The van der Waals surface area contributed by atoms with Crippen molar-refractivity contribution < 1.29 is 9.53 Å². The number of aryl methyl sites for hydroxylation is 3. The van der Waals surface area contributed by atoms with E-state index in [1.165, 1.54) is 6.33 Å². The molecule has 0 aliphatic carbocycles. The minimum atomic E-state index is -0.122. The van der Waals surface area contributed by atoms with Crippen LogP contribution >= 0.6 is 11.3 Å². The first kappa shape index (κ1) is 18.1. The molecule has 28 heavy (non-hydrogen) atoms. The summed E-state index contributed by atoms with van der Waals surface area (Å²) in [4.78, 5) is 23.5. The van der Waals surface area contributed by atoms with E-state index >= 15 is 0 Å². The number of ketones is 1. The van der Waals surface area contributed by atoms with Gasteiger partial charge in [0.25, 0.3) is 0 Å². The van der Waals surface area contributed by atoms with Crippen LogP contribution in [0.1, 0.15) is 27.2 Å². The van der Waals surface area contributed by atoms with Gasteiger partial charge in [-0.3, -0.25) is 4.79 Å². The zero-order valence-electron chi connectivity index (χ0n) is 15.6. The third-order valence-electron chi connectivity index (χ3n) is 4.82. The molecular formula is C21H18N4O2S. The number of nitrogens with zero attached hydrogens (tertiary/aromatic N) is 4. The van der Waals surface area contributed by atoms with Crippen molar-refractivity contribution in [1.29, 1.82) is 5.26 Å². The van der Waals surface area contributed by atoms with E-state index in [9.17, 15) is 4.79 Å². The molecule has 0 saturated heterocycles. The number of ether oxygens (including phenoxy) is 1. The highest BCUT2D eigenvalue weighted by atomic mass is 32.1. The lowest BCUT2D eigenvalue weighted by Crippen LogP contribution is -2.12. The second kappa shape index (κ2) is 7.41. The van der Waals surface area contributed by atoms with Crippen molar-refractivity contribution in [3.05, 3.63) is 52.8 Å². The van der Waals surface area contributed by atoms with E-state index in [-0.39, 0.29) is 12.4 Å². The standard InChI is InChI=1S/C21H18N4O2S/c1-13-14(2)28-21-19(13)20(23-12-24-21)27-11-18(26)16-10-25(9-5-8-22)17-7-4-3-6-15(16)17/h3-4,6-7,10,12H,5,9,11H2,1-2H3. The smallest absolute Gasteiger partial charge is 0.226 e. The molecule has 0 amide bonds. The molecule has 0 unspecified atom stereocenters. The van der Waals surface area contributed by atoms with Crippen molar-refractivity contribution >= 4 is 38.2 Å². The third kappa shape index (κ3) is 3.12. The molecule has 3 aromatic heterocycles. The van der Waals surface area contributed by atoms with Gasteiger partial charge in [0.2, 0.25) is 11.7 Å². The number of fused-ring (bicyclic) bond motifs is 2. The van der Waals surface area contributed by atoms with Crippen LogP contribution in [0, 0.1) is 25.2 Å². The number of rotatable bonds is 6. The zero-order valence-corrected chi connectivity index (χ0v) is 16.4. The topological polar surface area (TPSA) is 80.8 Å². The molecule has 0 aliphatic heterocycles. The average Bonchev–Trinajstić information content (AvgIpc) is 3.22. The lowest BCUT2D eigenvalue weighted by molar-refractivity contribution is 0.0920. The molecule has 3 heterocycles. The first-order chi connectivity index (χ1) is 13.6. The van der Waals surface area contributed by atoms with Gasteiger partial charge in [-0.2, -0.15) is 5.26 Å². The highest BCUT2D eigenvalue weighted by Gasteiger charge is 2.18. The molecule has 6 nitrogen and oxygen atoms in total. The maximum absolute atomic E-state index is 12.9. The van der Waals surface area contributed by atoms with E-state index in [2.05, 4.69) is 16.0 Å². The van der Waals surface area contributed by atoms with Crippen LogP contribution in [-0.4, -0.2) is 26.9 Å². The molecule has 0 saturated carbocycles. The van der Waals surface area contributed by atoms with Gasteiger partial charge < -0.3 is 9.30 Å². The Kier molecular flexibility index (Phi) is 4.80. The Balaban J connectivity index is 1.62. The van der Waals surface area contributed by atoms with Gasteiger partial charge in [0.15, 0.2) is 6.61 Å². The summed E-state index contributed by atoms with van der Waals surface area (Å²) in [5, 5.41) is 10.6. The number of benzene rings is 1. The monoisotopic (exact) mass is 390 g/mol. The van der Waals surface area contributed by atoms with Crippen molar-refractivity contribution in [2.75, 3.05) is 6.61 Å². The van der Waals surface area contributed by atoms with Crippen LogP contribution in [0.25, 0.3) is 21.1 Å². The predicted molar refractivity (Wildman–Crippen MR) is 109 cm³/mol. The Morgan fingerprint density at radius 1 is 1.29 bits per heavy atom. The lowest BCUT2D eigenvalue weighted by atomic mass is 10.1. The summed E-state index contributed by atoms with van der Waals surface area (Å²) in [6, 6.07) is 9.85. The molecule has 4 rings (SSSR count). The van der Waals surface area contributed by atoms with Crippen LogP contribution in [-0.2, 0) is 6.54 Å². The molecule has 0 spiro atoms. The molecular weight excluding hydrogens is 372 g/mol. The molecule has 0 bridgehead atoms. The summed E-state index contributed by atoms with van der Waals surface area (Å²) in [6.07, 6.45) is 3.66. The maximum atomic E-state index is 12.9. The second-order valence-electron chi connectivity index (χ2n) is 6.52. The van der Waals surface area contributed by atoms with Gasteiger partial charge in [0.1, 0.15) is 11.2 Å². The van der Waals surface area contributed by atoms with Crippen LogP contribution in [0.3, 0.4) is 0 Å².